The summed E-state index contributed by atoms with van der Waals surface area (Å²) >= 11 is 0. The number of carbonyl (C=O) groups is 7. The number of likely N-dealkylation sites (N-methyl/N-ethyl adjacent to an activating group) is 1. The Morgan fingerprint density at radius 3 is 2.35 bits per heavy atom. The van der Waals surface area contributed by atoms with Crippen molar-refractivity contribution in [3.05, 3.63) is 65.7 Å². The number of fused-ring (bicyclic) bond motifs is 11. The molecule has 2 aromatic rings. The molecule has 0 radical (unpaired) electrons. The van der Waals surface area contributed by atoms with Crippen LogP contribution in [0, 0.1) is 11.8 Å². The lowest BCUT2D eigenvalue weighted by molar-refractivity contribution is -0.143. The van der Waals surface area contributed by atoms with Gasteiger partial charge in [0, 0.05) is 52.4 Å². The summed E-state index contributed by atoms with van der Waals surface area (Å²) in [6, 6.07) is 13.6. The van der Waals surface area contributed by atoms with Gasteiger partial charge >= 0.3 is 0 Å². The smallest absolute Gasteiger partial charge is 0.288 e. The number of ketones is 1. The van der Waals surface area contributed by atoms with E-state index in [0.717, 1.165) is 43.4 Å². The molecule has 0 spiro atoms. The van der Waals surface area contributed by atoms with Crippen LogP contribution in [0.3, 0.4) is 0 Å². The number of rotatable bonds is 14. The lowest BCUT2D eigenvalue weighted by atomic mass is 9.83. The Kier molecular flexibility index (Phi) is 17.4. The predicted octanol–water partition coefficient (Wildman–Crippen LogP) is 2.12. The van der Waals surface area contributed by atoms with Gasteiger partial charge in [-0.1, -0.05) is 75.1 Å². The molecule has 16 nitrogen and oxygen atoms in total. The summed E-state index contributed by atoms with van der Waals surface area (Å²) in [6.07, 6.45) is 6.50. The highest BCUT2D eigenvalue weighted by molar-refractivity contribution is 6.37. The fourth-order valence-electron chi connectivity index (χ4n) is 8.05. The molecule has 4 bridgehead atoms. The molecule has 326 valence electrons. The maximum atomic E-state index is 14.5. The number of hydrazine groups is 1. The zero-order valence-corrected chi connectivity index (χ0v) is 35.0. The van der Waals surface area contributed by atoms with Crippen molar-refractivity contribution in [2.75, 3.05) is 46.9 Å². The van der Waals surface area contributed by atoms with Gasteiger partial charge in [0.25, 0.3) is 11.8 Å². The van der Waals surface area contributed by atoms with Crippen molar-refractivity contribution in [3.8, 4) is 5.75 Å². The van der Waals surface area contributed by atoms with Gasteiger partial charge in [0.15, 0.2) is 0 Å². The van der Waals surface area contributed by atoms with Gasteiger partial charge in [-0.3, -0.25) is 39.0 Å². The van der Waals surface area contributed by atoms with Crippen LogP contribution in [0.15, 0.2) is 54.6 Å². The van der Waals surface area contributed by atoms with Gasteiger partial charge in [-0.25, -0.2) is 5.43 Å². The van der Waals surface area contributed by atoms with Crippen molar-refractivity contribution in [2.45, 2.75) is 102 Å². The molecule has 5 N–H and O–H groups in total. The van der Waals surface area contributed by atoms with E-state index in [1.807, 2.05) is 31.2 Å². The Hall–Kier alpha value is -5.35. The summed E-state index contributed by atoms with van der Waals surface area (Å²) in [7, 11) is 3.14. The first-order valence-corrected chi connectivity index (χ1v) is 21.3. The Morgan fingerprint density at radius 2 is 1.65 bits per heavy atom. The molecule has 1 saturated heterocycles. The minimum atomic E-state index is -0.982. The van der Waals surface area contributed by atoms with Gasteiger partial charge in [-0.2, -0.15) is 0 Å². The molecule has 0 aromatic heterocycles. The van der Waals surface area contributed by atoms with Crippen LogP contribution in [-0.2, 0) is 44.7 Å². The first kappa shape index (κ1) is 45.7. The minimum Gasteiger partial charge on any atom is -0.494 e. The molecule has 16 heteroatoms. The lowest BCUT2D eigenvalue weighted by Crippen LogP contribution is -2.57. The molecule has 4 aliphatic rings. The average molecular weight is 832 g/mol. The van der Waals surface area contributed by atoms with Crippen LogP contribution in [0.25, 0.3) is 0 Å². The number of hydrogen-bond donors (Lipinski definition) is 5. The van der Waals surface area contributed by atoms with Crippen LogP contribution in [0.4, 0.5) is 0 Å². The number of aryl methyl sites for hydroxylation is 1. The maximum Gasteiger partial charge on any atom is 0.288 e. The highest BCUT2D eigenvalue weighted by atomic mass is 16.5. The van der Waals surface area contributed by atoms with Crippen molar-refractivity contribution in [2.24, 2.45) is 11.8 Å². The zero-order valence-electron chi connectivity index (χ0n) is 35.0. The Labute approximate surface area is 352 Å². The van der Waals surface area contributed by atoms with Crippen molar-refractivity contribution < 1.29 is 43.0 Å². The van der Waals surface area contributed by atoms with Crippen LogP contribution >= 0.6 is 0 Å². The number of benzene rings is 2. The van der Waals surface area contributed by atoms with Crippen LogP contribution in [0.2, 0.25) is 0 Å². The van der Waals surface area contributed by atoms with Crippen molar-refractivity contribution in [3.63, 3.8) is 0 Å². The van der Waals surface area contributed by atoms with Crippen LogP contribution in [-0.4, -0.2) is 116 Å². The fourth-order valence-corrected chi connectivity index (χ4v) is 8.05. The fraction of sp³-hybridized carbons (Fsp3) is 0.568. The van der Waals surface area contributed by atoms with Gasteiger partial charge in [-0.05, 0) is 54.9 Å². The molecule has 6 amide bonds. The molecule has 2 fully saturated rings. The van der Waals surface area contributed by atoms with E-state index in [4.69, 9.17) is 9.47 Å². The minimum absolute atomic E-state index is 0.0668. The van der Waals surface area contributed by atoms with Crippen LogP contribution in [0.5, 0.6) is 5.75 Å². The molecule has 2 aromatic carbocycles. The highest BCUT2D eigenvalue weighted by Crippen LogP contribution is 2.30. The number of amides is 6. The van der Waals surface area contributed by atoms with E-state index >= 15 is 0 Å². The van der Waals surface area contributed by atoms with Crippen molar-refractivity contribution in [1.29, 1.82) is 0 Å². The molecule has 3 unspecified atom stereocenters. The normalized spacial score (nSPS) is 21.3. The second kappa shape index (κ2) is 22.9. The largest absolute Gasteiger partial charge is 0.494 e. The number of ether oxygens (including phenoxy) is 2. The molecule has 5 atom stereocenters. The molecular weight excluding hydrogens is 771 g/mol. The lowest BCUT2D eigenvalue weighted by Gasteiger charge is -2.34. The second-order valence-electron chi connectivity index (χ2n) is 16.1. The van der Waals surface area contributed by atoms with E-state index in [-0.39, 0.29) is 49.6 Å². The summed E-state index contributed by atoms with van der Waals surface area (Å²) in [5, 5.41) is 8.06. The number of hydrogen-bond acceptors (Lipinski definition) is 10. The van der Waals surface area contributed by atoms with Gasteiger partial charge < -0.3 is 35.2 Å². The summed E-state index contributed by atoms with van der Waals surface area (Å²) in [5.41, 5.74) is 7.03. The van der Waals surface area contributed by atoms with Gasteiger partial charge in [-0.15, -0.1) is 0 Å². The molecule has 3 heterocycles. The van der Waals surface area contributed by atoms with Gasteiger partial charge in [0.2, 0.25) is 29.4 Å². The first-order valence-electron chi connectivity index (χ1n) is 21.3. The van der Waals surface area contributed by atoms with Crippen LogP contribution in [0.1, 0.15) is 88.3 Å². The van der Waals surface area contributed by atoms with Gasteiger partial charge in [0.1, 0.15) is 23.9 Å². The van der Waals surface area contributed by atoms with E-state index in [2.05, 4.69) is 26.8 Å². The summed E-state index contributed by atoms with van der Waals surface area (Å²) < 4.78 is 12.0. The molecule has 3 aliphatic heterocycles. The summed E-state index contributed by atoms with van der Waals surface area (Å²) in [5.74, 6) is -4.02. The molecule has 1 aliphatic carbocycles. The SMILES string of the molecule is CCCC(CNNC(=O)C1C[C@@H]2CN1C(=O)C(C1CCCCC1)NC(=O)CCc1ccc(cc1)OCCCO2)C(=O)C(=O)NCC(=O)N[C@H](C(=O)N(C)C)c1ccccc1. The summed E-state index contributed by atoms with van der Waals surface area (Å²) in [6.45, 7) is 2.17. The van der Waals surface area contributed by atoms with E-state index in [0.29, 0.717) is 44.5 Å². The van der Waals surface area contributed by atoms with Gasteiger partial charge in [0.05, 0.1) is 25.9 Å². The molecule has 6 rings (SSSR count). The Balaban J connectivity index is 1.20. The third-order valence-electron chi connectivity index (χ3n) is 11.4. The van der Waals surface area contributed by atoms with E-state index < -0.39 is 60.2 Å². The Bertz CT molecular complexity index is 1790. The van der Waals surface area contributed by atoms with E-state index in [1.165, 1.54) is 9.80 Å². The topological polar surface area (TPSA) is 205 Å². The molecule has 1 saturated carbocycles. The summed E-state index contributed by atoms with van der Waals surface area (Å²) in [4.78, 5) is 96.6. The predicted molar refractivity (Wildman–Crippen MR) is 222 cm³/mol. The monoisotopic (exact) mass is 831 g/mol. The van der Waals surface area contributed by atoms with Crippen LogP contribution < -0.4 is 31.5 Å². The number of nitrogens with zero attached hydrogens (tertiary/aromatic N) is 2. The molecule has 60 heavy (non-hydrogen) atoms. The quantitative estimate of drug-likeness (QED) is 0.139. The molecular formula is C44H61N7O9. The third kappa shape index (κ3) is 13.1. The third-order valence-corrected chi connectivity index (χ3v) is 11.4. The van der Waals surface area contributed by atoms with E-state index in [9.17, 15) is 33.6 Å². The van der Waals surface area contributed by atoms with Crippen molar-refractivity contribution >= 4 is 41.2 Å². The number of carbonyl (C=O) groups excluding carboxylic acids is 7. The second-order valence-corrected chi connectivity index (χ2v) is 16.1. The van der Waals surface area contributed by atoms with Crippen molar-refractivity contribution in [1.82, 2.24) is 36.6 Å². The highest BCUT2D eigenvalue weighted by Gasteiger charge is 2.44. The zero-order chi connectivity index (χ0) is 43.0. The standard InChI is InChI=1S/C44H61N7O9/c1-4-12-32(40(54)42(56)45-27-37(53)48-38(43(57)50(2)3)30-13-7-5-8-14-30)26-46-49-41(55)35-25-34-28-51(35)44(58)39(31-15-9-6-10-16-31)47-36(52)22-19-29-17-20-33(21-18-29)59-23-11-24-60-34/h5,7-8,13-14,17-18,20-21,31-32,34-35,38-39,46H,4,6,9-12,15-16,19,22-28H2,1-3H3,(H,45,56)(H,47,52)(H,48,53)(H,49,55)/t32?,34-,35?,38+,39?/m1/s1. The maximum absolute atomic E-state index is 14.5. The van der Waals surface area contributed by atoms with E-state index in [1.54, 1.807) is 44.4 Å². The average Bonchev–Trinajstić information content (AvgIpc) is 3.69. The first-order chi connectivity index (χ1) is 28.9. The Morgan fingerprint density at radius 1 is 0.917 bits per heavy atom. The number of Topliss-reactive ketones (excluding diaryl/α,β-unsaturated/α-hetero) is 1. The number of nitrogens with one attached hydrogen (secondary N) is 5.